The second-order valence-electron chi connectivity index (χ2n) is 23.9. The molecule has 6 aromatic carbocycles. The van der Waals surface area contributed by atoms with E-state index in [2.05, 4.69) is 0 Å². The van der Waals surface area contributed by atoms with Crippen molar-refractivity contribution in [2.75, 3.05) is 39.6 Å². The van der Waals surface area contributed by atoms with Crippen molar-refractivity contribution >= 4 is 75.9 Å². The van der Waals surface area contributed by atoms with Crippen LogP contribution in [0.5, 0.6) is 17.2 Å². The number of hydrogen-bond acceptors (Lipinski definition) is 15. The molecule has 0 amide bonds. The highest BCUT2D eigenvalue weighted by atomic mass is 35.5. The molecule has 15 nitrogen and oxygen atoms in total. The molecule has 0 spiro atoms. The molecule has 0 aliphatic carbocycles. The summed E-state index contributed by atoms with van der Waals surface area (Å²) in [5, 5.41) is 10.8. The monoisotopic (exact) mass is 1410 g/mol. The Labute approximate surface area is 549 Å². The van der Waals surface area contributed by atoms with Gasteiger partial charge in [0.1, 0.15) is 43.3 Å². The maximum absolute atomic E-state index is 15.2. The fourth-order valence-electron chi connectivity index (χ4n) is 14.1. The molecule has 3 fully saturated rings. The smallest absolute Gasteiger partial charge is 0.189 e. The highest BCUT2D eigenvalue weighted by Gasteiger charge is 2.65. The predicted octanol–water partition coefficient (Wildman–Crippen LogP) is 13.2. The Hall–Kier alpha value is -5.80. The lowest BCUT2D eigenvalue weighted by molar-refractivity contribution is -0.120. The van der Waals surface area contributed by atoms with Gasteiger partial charge >= 0.3 is 0 Å². The van der Waals surface area contributed by atoms with Gasteiger partial charge in [-0.05, 0) is 175 Å². The molecule has 0 aromatic heterocycles. The quantitative estimate of drug-likeness (QED) is 0.0947. The Kier molecular flexibility index (Phi) is 20.9. The molecule has 0 unspecified atom stereocenters. The number of fused-ring (bicyclic) bond motifs is 9. The summed E-state index contributed by atoms with van der Waals surface area (Å²) >= 11 is 17.8. The third kappa shape index (κ3) is 12.7. The first-order chi connectivity index (χ1) is 44.0. The van der Waals surface area contributed by atoms with Gasteiger partial charge in [-0.25, -0.2) is 51.6 Å². The van der Waals surface area contributed by atoms with E-state index in [0.29, 0.717) is 27.9 Å². The number of aliphatic hydroxyl groups excluding tert-OH is 1. The first kappa shape index (κ1) is 70.0. The number of halogens is 9. The van der Waals surface area contributed by atoms with Gasteiger partial charge in [0.15, 0.2) is 64.2 Å². The van der Waals surface area contributed by atoms with Crippen LogP contribution in [-0.2, 0) is 67.6 Å². The number of hydrogen-bond donors (Lipinski definition) is 1. The molecule has 1 N–H and O–H groups in total. The summed E-state index contributed by atoms with van der Waals surface area (Å²) < 4.78 is 203. The minimum Gasteiger partial charge on any atom is -0.490 e. The molecule has 6 aromatic rings. The molecule has 0 radical (unpaired) electrons. The Morgan fingerprint density at radius 2 is 0.710 bits per heavy atom. The first-order valence-corrected chi connectivity index (χ1v) is 35.5. The normalized spacial score (nSPS) is 25.7. The van der Waals surface area contributed by atoms with Crippen LogP contribution in [0.25, 0.3) is 0 Å². The molecule has 27 heteroatoms. The Balaban J connectivity index is 0.000000153. The van der Waals surface area contributed by atoms with Crippen molar-refractivity contribution in [3.05, 3.63) is 176 Å². The summed E-state index contributed by atoms with van der Waals surface area (Å²) in [5.74, 6) is -8.75. The molecular formula is C66H65Cl3F6O15S3. The van der Waals surface area contributed by atoms with E-state index in [1.165, 1.54) is 86.6 Å². The van der Waals surface area contributed by atoms with Gasteiger partial charge in [-0.15, -0.1) is 0 Å². The van der Waals surface area contributed by atoms with E-state index in [0.717, 1.165) is 36.4 Å². The van der Waals surface area contributed by atoms with Gasteiger partial charge < -0.3 is 43.1 Å². The van der Waals surface area contributed by atoms with Crippen molar-refractivity contribution in [3.63, 3.8) is 0 Å². The number of rotatable bonds is 15. The number of sulfone groups is 3. The van der Waals surface area contributed by atoms with E-state index in [-0.39, 0.29) is 145 Å². The number of ether oxygens (including phenoxy) is 6. The van der Waals surface area contributed by atoms with Crippen LogP contribution in [0.4, 0.5) is 26.3 Å². The van der Waals surface area contributed by atoms with Gasteiger partial charge in [0, 0.05) is 65.5 Å². The molecule has 0 bridgehead atoms. The van der Waals surface area contributed by atoms with Crippen LogP contribution < -0.4 is 14.2 Å². The summed E-state index contributed by atoms with van der Waals surface area (Å²) in [7, 11) is -12.7. The molecule has 10 atom stereocenters. The summed E-state index contributed by atoms with van der Waals surface area (Å²) in [5.41, 5.74) is -0.909. The standard InChI is InChI=1S/C22H23ClF2O5S.2C22H21ClF2O5S/c3*1-13(26)2-9-19-16-12-30-21-18(25)8-7-17(24)20(21)22(16,10-11-29-19)31(27,28)15-5-3-14(23)4-6-15/h3-8,13,16,19,26H,2,9-12H2,1H3;2*3-8,16,19H,2,9-12H2,1H3/t13-,16+,19+,22+;2*16-,19-,22-/m010/s1. The molecule has 3 saturated heterocycles. The van der Waals surface area contributed by atoms with E-state index in [1.54, 1.807) is 6.92 Å². The van der Waals surface area contributed by atoms with Crippen LogP contribution >= 0.6 is 34.8 Å². The fourth-order valence-corrected chi connectivity index (χ4v) is 21.5. The lowest BCUT2D eigenvalue weighted by atomic mass is 9.74. The van der Waals surface area contributed by atoms with E-state index in [9.17, 15) is 53.1 Å². The number of ketones is 2. The Morgan fingerprint density at radius 3 is 0.968 bits per heavy atom. The number of carbonyl (C=O) groups is 2. The minimum atomic E-state index is -4.23. The van der Waals surface area contributed by atoms with Crippen LogP contribution in [0.15, 0.2) is 124 Å². The number of carbonyl (C=O) groups excluding carboxylic acids is 2. The molecule has 6 aliphatic rings. The molecule has 500 valence electrons. The zero-order valence-electron chi connectivity index (χ0n) is 50.3. The lowest BCUT2D eigenvalue weighted by Crippen LogP contribution is -2.57. The van der Waals surface area contributed by atoms with Crippen molar-refractivity contribution in [3.8, 4) is 17.2 Å². The summed E-state index contributed by atoms with van der Waals surface area (Å²) in [4.78, 5) is 23.0. The van der Waals surface area contributed by atoms with Gasteiger partial charge in [-0.2, -0.15) is 0 Å². The minimum absolute atomic E-state index is 0.0152. The molecule has 6 aliphatic heterocycles. The van der Waals surface area contributed by atoms with Crippen LogP contribution in [-0.4, -0.2) is 106 Å². The van der Waals surface area contributed by atoms with Crippen molar-refractivity contribution in [2.24, 2.45) is 17.8 Å². The van der Waals surface area contributed by atoms with Gasteiger partial charge in [-0.3, -0.25) is 0 Å². The second kappa shape index (κ2) is 27.7. The zero-order valence-corrected chi connectivity index (χ0v) is 55.0. The first-order valence-electron chi connectivity index (χ1n) is 29.9. The number of benzene rings is 6. The van der Waals surface area contributed by atoms with E-state index >= 15 is 13.2 Å². The lowest BCUT2D eigenvalue weighted by Gasteiger charge is -2.50. The summed E-state index contributed by atoms with van der Waals surface area (Å²) in [6.45, 7) is 4.06. The average Bonchev–Trinajstić information content (AvgIpc) is 0.715. The van der Waals surface area contributed by atoms with Crippen molar-refractivity contribution in [2.45, 2.75) is 132 Å². The summed E-state index contributed by atoms with van der Waals surface area (Å²) in [6.07, 6.45) is -1.16. The number of aliphatic hydroxyl groups is 1. The maximum Gasteiger partial charge on any atom is 0.189 e. The second-order valence-corrected chi connectivity index (χ2v) is 31.8. The maximum atomic E-state index is 15.2. The van der Waals surface area contributed by atoms with E-state index in [1.807, 2.05) is 0 Å². The van der Waals surface area contributed by atoms with Crippen LogP contribution in [0.1, 0.15) is 95.2 Å². The van der Waals surface area contributed by atoms with Crippen LogP contribution in [0, 0.1) is 52.7 Å². The molecule has 93 heavy (non-hydrogen) atoms. The fraction of sp³-hybridized carbons (Fsp3) is 0.424. The van der Waals surface area contributed by atoms with Crippen molar-refractivity contribution in [1.29, 1.82) is 0 Å². The third-order valence-electron chi connectivity index (χ3n) is 18.5. The van der Waals surface area contributed by atoms with E-state index < -0.39 is 121 Å². The highest BCUT2D eigenvalue weighted by Crippen LogP contribution is 2.59. The van der Waals surface area contributed by atoms with Crippen molar-refractivity contribution in [1.82, 2.24) is 0 Å². The molecule has 12 rings (SSSR count). The summed E-state index contributed by atoms with van der Waals surface area (Å²) in [6, 6.07) is 22.4. The van der Waals surface area contributed by atoms with E-state index in [4.69, 9.17) is 63.2 Å². The molecular weight excluding hydrogens is 1350 g/mol. The SMILES string of the molecule is CC(=O)CC[C@@H]1OCC[C@@]2(S(=O)(=O)c3ccc(Cl)cc3)c3c(F)ccc(F)c3OC[C@@H]12.CC(=O)CC[C@H]1OCC[C@]2(S(=O)(=O)c3ccc(Cl)cc3)c3c(F)ccc(F)c3OC[C@H]12.C[C@H](O)CC[C@H]1OCC[C@]2(S(=O)(=O)c3ccc(Cl)cc3)c3c(F)ccc(F)c3OC[C@H]12. The highest BCUT2D eigenvalue weighted by molar-refractivity contribution is 7.93. The third-order valence-corrected chi connectivity index (χ3v) is 26.9. The molecule has 0 saturated carbocycles. The van der Waals surface area contributed by atoms with Gasteiger partial charge in [0.25, 0.3) is 0 Å². The van der Waals surface area contributed by atoms with Crippen LogP contribution in [0.2, 0.25) is 15.1 Å². The van der Waals surface area contributed by atoms with Crippen LogP contribution in [0.3, 0.4) is 0 Å². The largest absolute Gasteiger partial charge is 0.490 e. The molecule has 6 heterocycles. The zero-order chi connectivity index (χ0) is 67.2. The van der Waals surface area contributed by atoms with Crippen molar-refractivity contribution < 1.29 is 94.7 Å². The van der Waals surface area contributed by atoms with Gasteiger partial charge in [-0.1, -0.05) is 34.8 Å². The Morgan fingerprint density at radius 1 is 0.452 bits per heavy atom. The number of Topliss-reactive ketones (excluding diaryl/α,β-unsaturated/α-hetero) is 2. The Bertz CT molecular complexity index is 3980. The average molecular weight is 1410 g/mol. The predicted molar refractivity (Wildman–Crippen MR) is 331 cm³/mol. The topological polar surface area (TPSA) is 212 Å². The van der Waals surface area contributed by atoms with Gasteiger partial charge in [0.05, 0.1) is 75.6 Å². The van der Waals surface area contributed by atoms with Gasteiger partial charge in [0.2, 0.25) is 0 Å².